The smallest absolute Gasteiger partial charge is 0.0361 e. The van der Waals surface area contributed by atoms with Crippen molar-refractivity contribution in [1.29, 1.82) is 0 Å². The highest BCUT2D eigenvalue weighted by atomic mass is 15.1. The van der Waals surface area contributed by atoms with Gasteiger partial charge in [0.25, 0.3) is 0 Å². The first-order valence-corrected chi connectivity index (χ1v) is 4.43. The summed E-state index contributed by atoms with van der Waals surface area (Å²) in [6.07, 6.45) is 0. The molecule has 0 bridgehead atoms. The van der Waals surface area contributed by atoms with Crippen LogP contribution < -0.4 is 4.90 Å². The molecule has 0 aliphatic heterocycles. The standard InChI is InChI=1S/C12H13N/c1-13(2)12-8-6-10-4-3-5-11(10)7-9-12/h3-9H,1-2H3. The van der Waals surface area contributed by atoms with Crippen LogP contribution in [-0.4, -0.2) is 14.1 Å². The molecule has 0 spiro atoms. The van der Waals surface area contributed by atoms with Crippen LogP contribution in [0, 0.1) is 0 Å². The van der Waals surface area contributed by atoms with Crippen LogP contribution in [-0.2, 0) is 0 Å². The Balaban J connectivity index is 2.55. The maximum Gasteiger partial charge on any atom is 0.0361 e. The van der Waals surface area contributed by atoms with Gasteiger partial charge in [-0.2, -0.15) is 0 Å². The lowest BCUT2D eigenvalue weighted by molar-refractivity contribution is 1.14. The zero-order valence-corrected chi connectivity index (χ0v) is 7.99. The molecular weight excluding hydrogens is 158 g/mol. The van der Waals surface area contributed by atoms with Gasteiger partial charge in [-0.25, -0.2) is 0 Å². The molecule has 0 atom stereocenters. The van der Waals surface area contributed by atoms with E-state index < -0.39 is 0 Å². The molecule has 2 aliphatic rings. The monoisotopic (exact) mass is 171 g/mol. The van der Waals surface area contributed by atoms with E-state index >= 15 is 0 Å². The second kappa shape index (κ2) is 3.09. The summed E-state index contributed by atoms with van der Waals surface area (Å²) in [5, 5.41) is 0. The number of anilines is 1. The van der Waals surface area contributed by atoms with Crippen LogP contribution in [0.25, 0.3) is 11.1 Å². The molecular formula is C12H13N. The minimum absolute atomic E-state index is 1.23. The summed E-state index contributed by atoms with van der Waals surface area (Å²) in [6, 6.07) is 14.9. The van der Waals surface area contributed by atoms with Gasteiger partial charge >= 0.3 is 0 Å². The summed E-state index contributed by atoms with van der Waals surface area (Å²) in [7, 11) is 4.11. The van der Waals surface area contributed by atoms with Crippen molar-refractivity contribution in [2.24, 2.45) is 0 Å². The minimum Gasteiger partial charge on any atom is -0.378 e. The summed E-state index contributed by atoms with van der Waals surface area (Å²) in [6.45, 7) is 0. The molecule has 0 saturated carbocycles. The quantitative estimate of drug-likeness (QED) is 0.637. The minimum atomic E-state index is 1.23. The van der Waals surface area contributed by atoms with Gasteiger partial charge in [0.15, 0.2) is 0 Å². The van der Waals surface area contributed by atoms with Crippen molar-refractivity contribution >= 4 is 5.69 Å². The van der Waals surface area contributed by atoms with Gasteiger partial charge in [-0.3, -0.25) is 0 Å². The third kappa shape index (κ3) is 1.50. The first kappa shape index (κ1) is 8.11. The predicted octanol–water partition coefficient (Wildman–Crippen LogP) is 2.86. The van der Waals surface area contributed by atoms with Crippen molar-refractivity contribution in [2.75, 3.05) is 19.0 Å². The Morgan fingerprint density at radius 3 is 1.77 bits per heavy atom. The molecule has 1 nitrogen and oxygen atoms in total. The van der Waals surface area contributed by atoms with Gasteiger partial charge in [0.1, 0.15) is 0 Å². The van der Waals surface area contributed by atoms with Gasteiger partial charge < -0.3 is 4.90 Å². The molecule has 0 aromatic heterocycles. The molecule has 0 radical (unpaired) electrons. The summed E-state index contributed by atoms with van der Waals surface area (Å²) < 4.78 is 0. The van der Waals surface area contributed by atoms with Crippen LogP contribution >= 0.6 is 0 Å². The molecule has 1 heteroatoms. The maximum absolute atomic E-state index is 2.16. The Hall–Kier alpha value is -1.50. The van der Waals surface area contributed by atoms with Crippen molar-refractivity contribution in [3.05, 3.63) is 42.5 Å². The van der Waals surface area contributed by atoms with Crippen molar-refractivity contribution < 1.29 is 0 Å². The van der Waals surface area contributed by atoms with E-state index in [-0.39, 0.29) is 0 Å². The van der Waals surface area contributed by atoms with Crippen LogP contribution in [0.5, 0.6) is 0 Å². The average Bonchev–Trinajstić information content (AvgIpc) is 2.44. The Morgan fingerprint density at radius 2 is 1.31 bits per heavy atom. The van der Waals surface area contributed by atoms with E-state index in [9.17, 15) is 0 Å². The molecule has 0 aromatic rings. The molecule has 0 saturated heterocycles. The zero-order valence-electron chi connectivity index (χ0n) is 7.99. The number of nitrogens with zero attached hydrogens (tertiary/aromatic N) is 1. The van der Waals surface area contributed by atoms with Gasteiger partial charge in [0.05, 0.1) is 0 Å². The summed E-state index contributed by atoms with van der Waals surface area (Å²) in [5.41, 5.74) is 3.83. The zero-order chi connectivity index (χ0) is 9.26. The third-order valence-corrected chi connectivity index (χ3v) is 2.27. The highest BCUT2D eigenvalue weighted by molar-refractivity contribution is 5.68. The largest absolute Gasteiger partial charge is 0.378 e. The van der Waals surface area contributed by atoms with Gasteiger partial charge in [0.2, 0.25) is 0 Å². The van der Waals surface area contributed by atoms with E-state index in [0.717, 1.165) is 0 Å². The third-order valence-electron chi connectivity index (χ3n) is 2.27. The number of rotatable bonds is 1. The summed E-state index contributed by atoms with van der Waals surface area (Å²) in [4.78, 5) is 2.11. The van der Waals surface area contributed by atoms with Crippen LogP contribution in [0.4, 0.5) is 5.69 Å². The molecule has 0 heterocycles. The molecule has 0 unspecified atom stereocenters. The van der Waals surface area contributed by atoms with E-state index in [1.165, 1.54) is 16.8 Å². The number of fused-ring (bicyclic) bond motifs is 1. The van der Waals surface area contributed by atoms with Gasteiger partial charge in [-0.1, -0.05) is 30.3 Å². The molecule has 2 rings (SSSR count). The molecule has 13 heavy (non-hydrogen) atoms. The van der Waals surface area contributed by atoms with E-state index in [2.05, 4.69) is 61.5 Å². The van der Waals surface area contributed by atoms with E-state index in [0.29, 0.717) is 0 Å². The average molecular weight is 171 g/mol. The summed E-state index contributed by atoms with van der Waals surface area (Å²) >= 11 is 0. The number of hydrogen-bond acceptors (Lipinski definition) is 1. The maximum atomic E-state index is 2.16. The van der Waals surface area contributed by atoms with Crippen LogP contribution in [0.2, 0.25) is 0 Å². The molecule has 66 valence electrons. The first-order chi connectivity index (χ1) is 6.27. The Kier molecular flexibility index (Phi) is 1.93. The first-order valence-electron chi connectivity index (χ1n) is 4.43. The van der Waals surface area contributed by atoms with Crippen LogP contribution in [0.15, 0.2) is 42.5 Å². The van der Waals surface area contributed by atoms with Gasteiger partial charge in [-0.05, 0) is 23.3 Å². The van der Waals surface area contributed by atoms with E-state index in [4.69, 9.17) is 0 Å². The normalized spacial score (nSPS) is 10.3. The fourth-order valence-electron chi connectivity index (χ4n) is 1.46. The number of hydrogen-bond donors (Lipinski definition) is 0. The van der Waals surface area contributed by atoms with E-state index in [1.54, 1.807) is 0 Å². The van der Waals surface area contributed by atoms with Crippen LogP contribution in [0.1, 0.15) is 0 Å². The van der Waals surface area contributed by atoms with Crippen molar-refractivity contribution in [1.82, 2.24) is 0 Å². The lowest BCUT2D eigenvalue weighted by Gasteiger charge is -2.09. The lowest BCUT2D eigenvalue weighted by atomic mass is 10.2. The Bertz CT molecular complexity index is 348. The predicted molar refractivity (Wildman–Crippen MR) is 57.4 cm³/mol. The molecule has 0 N–H and O–H groups in total. The topological polar surface area (TPSA) is 3.24 Å². The molecule has 0 amide bonds. The SMILES string of the molecule is CN(C)c1ccc2cccc-2cc1. The summed E-state index contributed by atoms with van der Waals surface area (Å²) in [5.74, 6) is 0. The van der Waals surface area contributed by atoms with Crippen LogP contribution in [0.3, 0.4) is 0 Å². The fraction of sp³-hybridized carbons (Fsp3) is 0.167. The highest BCUT2D eigenvalue weighted by Crippen LogP contribution is 2.23. The van der Waals surface area contributed by atoms with Gasteiger partial charge in [-0.15, -0.1) is 0 Å². The van der Waals surface area contributed by atoms with E-state index in [1.807, 2.05) is 0 Å². The molecule has 0 fully saturated rings. The Morgan fingerprint density at radius 1 is 0.769 bits per heavy atom. The fourth-order valence-corrected chi connectivity index (χ4v) is 1.46. The Labute approximate surface area is 79.0 Å². The molecule has 2 aliphatic carbocycles. The second-order valence-corrected chi connectivity index (χ2v) is 3.42. The van der Waals surface area contributed by atoms with Crippen molar-refractivity contribution in [2.45, 2.75) is 0 Å². The molecule has 0 aromatic carbocycles. The van der Waals surface area contributed by atoms with Gasteiger partial charge in [0, 0.05) is 19.8 Å². The lowest BCUT2D eigenvalue weighted by Crippen LogP contribution is -2.07. The van der Waals surface area contributed by atoms with Crippen molar-refractivity contribution in [3.63, 3.8) is 0 Å². The highest BCUT2D eigenvalue weighted by Gasteiger charge is 1.99. The van der Waals surface area contributed by atoms with Crippen molar-refractivity contribution in [3.8, 4) is 11.1 Å². The second-order valence-electron chi connectivity index (χ2n) is 3.42.